The molecule has 1 unspecified atom stereocenters. The molecule has 16 heavy (non-hydrogen) atoms. The highest BCUT2D eigenvalue weighted by atomic mass is 19.3. The Morgan fingerprint density at radius 1 is 1.50 bits per heavy atom. The number of alkyl halides is 2. The molecule has 0 bridgehead atoms. The minimum absolute atomic E-state index is 0.212. The zero-order valence-electron chi connectivity index (χ0n) is 9.03. The lowest BCUT2D eigenvalue weighted by atomic mass is 10.2. The average molecular weight is 228 g/mol. The van der Waals surface area contributed by atoms with E-state index < -0.39 is 6.43 Å². The molecule has 0 aliphatic carbocycles. The zero-order chi connectivity index (χ0) is 11.5. The summed E-state index contributed by atoms with van der Waals surface area (Å²) in [6, 6.07) is 1.63. The van der Waals surface area contributed by atoms with Gasteiger partial charge < -0.3 is 10.2 Å². The standard InChI is InChI=1S/C10H14F2N4/c1-7-5-13-2-3-16(7)9-4-8(10(11)12)14-6-15-9/h4,6-7,10,13H,2-3,5H2,1H3. The first-order chi connectivity index (χ1) is 7.68. The van der Waals surface area contributed by atoms with Crippen LogP contribution in [0.2, 0.25) is 0 Å². The van der Waals surface area contributed by atoms with Crippen LogP contribution in [0.5, 0.6) is 0 Å². The second kappa shape index (κ2) is 4.69. The van der Waals surface area contributed by atoms with Crippen LogP contribution in [0.25, 0.3) is 0 Å². The van der Waals surface area contributed by atoms with E-state index in [-0.39, 0.29) is 11.7 Å². The van der Waals surface area contributed by atoms with Gasteiger partial charge in [0.25, 0.3) is 6.43 Å². The maximum atomic E-state index is 12.5. The van der Waals surface area contributed by atoms with E-state index >= 15 is 0 Å². The van der Waals surface area contributed by atoms with Crippen LogP contribution in [0, 0.1) is 0 Å². The summed E-state index contributed by atoms with van der Waals surface area (Å²) < 4.78 is 25.0. The van der Waals surface area contributed by atoms with Gasteiger partial charge in [0.15, 0.2) is 0 Å². The number of piperazine rings is 1. The van der Waals surface area contributed by atoms with E-state index in [4.69, 9.17) is 0 Å². The van der Waals surface area contributed by atoms with Crippen molar-refractivity contribution in [1.29, 1.82) is 0 Å². The lowest BCUT2D eigenvalue weighted by Gasteiger charge is -2.34. The molecule has 0 radical (unpaired) electrons. The maximum absolute atomic E-state index is 12.5. The van der Waals surface area contributed by atoms with Crippen molar-refractivity contribution in [3.05, 3.63) is 18.1 Å². The van der Waals surface area contributed by atoms with Crippen molar-refractivity contribution in [2.75, 3.05) is 24.5 Å². The van der Waals surface area contributed by atoms with Crippen molar-refractivity contribution in [3.63, 3.8) is 0 Å². The van der Waals surface area contributed by atoms with Gasteiger partial charge in [-0.15, -0.1) is 0 Å². The zero-order valence-corrected chi connectivity index (χ0v) is 9.03. The smallest absolute Gasteiger partial charge is 0.280 e. The molecule has 0 aromatic carbocycles. The van der Waals surface area contributed by atoms with Crippen molar-refractivity contribution >= 4 is 5.82 Å². The van der Waals surface area contributed by atoms with Crippen LogP contribution in [0.1, 0.15) is 19.0 Å². The van der Waals surface area contributed by atoms with Crippen LogP contribution >= 0.6 is 0 Å². The molecule has 0 spiro atoms. The number of nitrogens with one attached hydrogen (secondary N) is 1. The topological polar surface area (TPSA) is 41.0 Å². The molecule has 1 atom stereocenters. The molecule has 6 heteroatoms. The number of halogens is 2. The van der Waals surface area contributed by atoms with E-state index in [0.717, 1.165) is 19.6 Å². The lowest BCUT2D eigenvalue weighted by molar-refractivity contribution is 0.146. The van der Waals surface area contributed by atoms with Gasteiger partial charge in [0, 0.05) is 31.7 Å². The molecule has 1 aromatic heterocycles. The fourth-order valence-electron chi connectivity index (χ4n) is 1.82. The van der Waals surface area contributed by atoms with Gasteiger partial charge in [-0.05, 0) is 6.92 Å². The normalized spacial score (nSPS) is 21.5. The average Bonchev–Trinajstić information content (AvgIpc) is 2.30. The van der Waals surface area contributed by atoms with Crippen LogP contribution < -0.4 is 10.2 Å². The second-order valence-corrected chi connectivity index (χ2v) is 3.85. The Bertz CT molecular complexity index is 358. The first kappa shape index (κ1) is 11.2. The quantitative estimate of drug-likeness (QED) is 0.826. The molecule has 1 N–H and O–H groups in total. The van der Waals surface area contributed by atoms with Crippen molar-refractivity contribution < 1.29 is 8.78 Å². The minimum atomic E-state index is -2.54. The Labute approximate surface area is 92.7 Å². The Hall–Kier alpha value is -1.30. The van der Waals surface area contributed by atoms with Crippen LogP contribution in [-0.4, -0.2) is 35.6 Å². The van der Waals surface area contributed by atoms with Crippen LogP contribution in [0.4, 0.5) is 14.6 Å². The minimum Gasteiger partial charge on any atom is -0.351 e. The summed E-state index contributed by atoms with van der Waals surface area (Å²) in [6.45, 7) is 4.50. The summed E-state index contributed by atoms with van der Waals surface area (Å²) in [7, 11) is 0. The number of anilines is 1. The van der Waals surface area contributed by atoms with Crippen LogP contribution in [-0.2, 0) is 0 Å². The SMILES string of the molecule is CC1CNCCN1c1cc(C(F)F)ncn1. The molecule has 1 aliphatic rings. The van der Waals surface area contributed by atoms with Gasteiger partial charge in [-0.2, -0.15) is 0 Å². The van der Waals surface area contributed by atoms with Gasteiger partial charge in [0.05, 0.1) is 0 Å². The lowest BCUT2D eigenvalue weighted by Crippen LogP contribution is -2.50. The van der Waals surface area contributed by atoms with Crippen molar-refractivity contribution in [2.24, 2.45) is 0 Å². The molecule has 88 valence electrons. The predicted molar refractivity (Wildman–Crippen MR) is 56.7 cm³/mol. The molecule has 0 saturated carbocycles. The summed E-state index contributed by atoms with van der Waals surface area (Å²) in [5, 5.41) is 3.24. The molecule has 1 fully saturated rings. The van der Waals surface area contributed by atoms with E-state index in [2.05, 4.69) is 15.3 Å². The molecule has 1 saturated heterocycles. The molecule has 1 aliphatic heterocycles. The first-order valence-electron chi connectivity index (χ1n) is 5.26. The highest BCUT2D eigenvalue weighted by molar-refractivity contribution is 5.41. The highest BCUT2D eigenvalue weighted by Gasteiger charge is 2.20. The van der Waals surface area contributed by atoms with Crippen molar-refractivity contribution in [3.8, 4) is 0 Å². The summed E-state index contributed by atoms with van der Waals surface area (Å²) in [6.07, 6.45) is -1.34. The molecular formula is C10H14F2N4. The van der Waals surface area contributed by atoms with E-state index in [1.54, 1.807) is 0 Å². The highest BCUT2D eigenvalue weighted by Crippen LogP contribution is 2.21. The number of nitrogens with zero attached hydrogens (tertiary/aromatic N) is 3. The molecular weight excluding hydrogens is 214 g/mol. The maximum Gasteiger partial charge on any atom is 0.280 e. The summed E-state index contributed by atoms with van der Waals surface area (Å²) >= 11 is 0. The summed E-state index contributed by atoms with van der Waals surface area (Å²) in [5.74, 6) is 0.583. The van der Waals surface area contributed by atoms with Gasteiger partial charge >= 0.3 is 0 Å². The van der Waals surface area contributed by atoms with Gasteiger partial charge in [-0.25, -0.2) is 18.7 Å². The van der Waals surface area contributed by atoms with Gasteiger partial charge in [0.2, 0.25) is 0 Å². The van der Waals surface area contributed by atoms with Crippen LogP contribution in [0.15, 0.2) is 12.4 Å². The molecule has 1 aromatic rings. The third-order valence-corrected chi connectivity index (χ3v) is 2.69. The number of hydrogen-bond acceptors (Lipinski definition) is 4. The Morgan fingerprint density at radius 3 is 3.00 bits per heavy atom. The Morgan fingerprint density at radius 2 is 2.31 bits per heavy atom. The molecule has 2 heterocycles. The number of rotatable bonds is 2. The fourth-order valence-corrected chi connectivity index (χ4v) is 1.82. The first-order valence-corrected chi connectivity index (χ1v) is 5.26. The van der Waals surface area contributed by atoms with Gasteiger partial charge in [-0.1, -0.05) is 0 Å². The van der Waals surface area contributed by atoms with E-state index in [0.29, 0.717) is 5.82 Å². The number of hydrogen-bond donors (Lipinski definition) is 1. The summed E-state index contributed by atoms with van der Waals surface area (Å²) in [5.41, 5.74) is -0.212. The molecule has 0 amide bonds. The Balaban J connectivity index is 2.21. The van der Waals surface area contributed by atoms with Crippen LogP contribution in [0.3, 0.4) is 0 Å². The molecule has 4 nitrogen and oxygen atoms in total. The second-order valence-electron chi connectivity index (χ2n) is 3.85. The van der Waals surface area contributed by atoms with E-state index in [9.17, 15) is 8.78 Å². The van der Waals surface area contributed by atoms with E-state index in [1.165, 1.54) is 12.4 Å². The summed E-state index contributed by atoms with van der Waals surface area (Å²) in [4.78, 5) is 9.62. The number of aromatic nitrogens is 2. The van der Waals surface area contributed by atoms with Crippen molar-refractivity contribution in [1.82, 2.24) is 15.3 Å². The monoisotopic (exact) mass is 228 g/mol. The third kappa shape index (κ3) is 2.27. The largest absolute Gasteiger partial charge is 0.351 e. The van der Waals surface area contributed by atoms with Gasteiger partial charge in [-0.3, -0.25) is 0 Å². The molecule has 2 rings (SSSR count). The fraction of sp³-hybridized carbons (Fsp3) is 0.600. The third-order valence-electron chi connectivity index (χ3n) is 2.69. The van der Waals surface area contributed by atoms with Gasteiger partial charge in [0.1, 0.15) is 17.8 Å². The van der Waals surface area contributed by atoms with E-state index in [1.807, 2.05) is 11.8 Å². The van der Waals surface area contributed by atoms with Crippen molar-refractivity contribution in [2.45, 2.75) is 19.4 Å². The Kier molecular flexibility index (Phi) is 3.28. The predicted octanol–water partition coefficient (Wildman–Crippen LogP) is 1.21.